The van der Waals surface area contributed by atoms with E-state index in [1.807, 2.05) is 12.1 Å². The van der Waals surface area contributed by atoms with Crippen molar-refractivity contribution in [2.24, 2.45) is 10.7 Å². The largest absolute Gasteiger partial charge is 0.370 e. The minimum atomic E-state index is -0.0705. The Bertz CT molecular complexity index is 613. The van der Waals surface area contributed by atoms with Crippen LogP contribution >= 0.6 is 39.9 Å². The van der Waals surface area contributed by atoms with Crippen molar-refractivity contribution in [2.45, 2.75) is 32.9 Å². The summed E-state index contributed by atoms with van der Waals surface area (Å²) in [6.45, 7) is 6.70. The number of nitrogens with two attached hydrogens (primary N) is 1. The zero-order valence-electron chi connectivity index (χ0n) is 11.8. The van der Waals surface area contributed by atoms with Crippen molar-refractivity contribution in [1.29, 1.82) is 0 Å². The van der Waals surface area contributed by atoms with Gasteiger partial charge in [0.1, 0.15) is 0 Å². The molecule has 0 radical (unpaired) electrons. The van der Waals surface area contributed by atoms with Crippen LogP contribution in [0.2, 0.25) is 0 Å². The van der Waals surface area contributed by atoms with Crippen LogP contribution in [0.5, 0.6) is 0 Å². The molecule has 0 aliphatic heterocycles. The summed E-state index contributed by atoms with van der Waals surface area (Å²) in [5.74, 6) is 0.465. The van der Waals surface area contributed by atoms with E-state index in [4.69, 9.17) is 5.73 Å². The number of guanidine groups is 1. The van der Waals surface area contributed by atoms with Gasteiger partial charge in [-0.3, -0.25) is 0 Å². The first-order valence-electron chi connectivity index (χ1n) is 6.19. The molecule has 6 heteroatoms. The molecule has 0 spiro atoms. The summed E-state index contributed by atoms with van der Waals surface area (Å²) in [5, 5.41) is 4.31. The third-order valence-corrected chi connectivity index (χ3v) is 3.05. The van der Waals surface area contributed by atoms with Crippen LogP contribution in [0.1, 0.15) is 26.5 Å². The molecule has 4 N–H and O–H groups in total. The average Bonchev–Trinajstić information content (AvgIpc) is 2.66. The number of nitrogens with one attached hydrogen (secondary N) is 2. The number of aromatic amines is 1. The van der Waals surface area contributed by atoms with Crippen LogP contribution in [0.4, 0.5) is 0 Å². The number of hydrogen-bond acceptors (Lipinski definition) is 1. The number of fused-ring (bicyclic) bond motifs is 1. The fraction of sp³-hybridized carbons (Fsp3) is 0.357. The second-order valence-corrected chi connectivity index (χ2v) is 6.52. The maximum atomic E-state index is 5.84. The van der Waals surface area contributed by atoms with Gasteiger partial charge in [0, 0.05) is 26.6 Å². The van der Waals surface area contributed by atoms with Gasteiger partial charge in [0.2, 0.25) is 0 Å². The van der Waals surface area contributed by atoms with Gasteiger partial charge in [-0.2, -0.15) is 0 Å². The Morgan fingerprint density at radius 1 is 1.35 bits per heavy atom. The first-order valence-corrected chi connectivity index (χ1v) is 6.98. The van der Waals surface area contributed by atoms with Gasteiger partial charge < -0.3 is 16.0 Å². The first-order chi connectivity index (χ1) is 8.83. The molecule has 1 heterocycles. The Morgan fingerprint density at radius 2 is 2.05 bits per heavy atom. The highest BCUT2D eigenvalue weighted by atomic mass is 127. The van der Waals surface area contributed by atoms with Gasteiger partial charge in [-0.05, 0) is 45.0 Å². The third-order valence-electron chi connectivity index (χ3n) is 2.56. The molecule has 110 valence electrons. The van der Waals surface area contributed by atoms with E-state index >= 15 is 0 Å². The number of benzene rings is 1. The molecule has 0 bridgehead atoms. The lowest BCUT2D eigenvalue weighted by Gasteiger charge is -2.20. The molecule has 2 aromatic rings. The molecule has 0 unspecified atom stereocenters. The molecule has 0 aliphatic carbocycles. The topological polar surface area (TPSA) is 66.2 Å². The Hall–Kier alpha value is -0.760. The Morgan fingerprint density at radius 3 is 2.70 bits per heavy atom. The first kappa shape index (κ1) is 17.3. The third kappa shape index (κ3) is 4.97. The van der Waals surface area contributed by atoms with Crippen molar-refractivity contribution in [3.05, 3.63) is 34.4 Å². The molecule has 0 atom stereocenters. The van der Waals surface area contributed by atoms with Crippen LogP contribution in [0.15, 0.2) is 33.7 Å². The predicted molar refractivity (Wildman–Crippen MR) is 99.6 cm³/mol. The molecule has 0 saturated heterocycles. The lowest BCUT2D eigenvalue weighted by atomic mass is 10.1. The lowest BCUT2D eigenvalue weighted by molar-refractivity contribution is 0.508. The Kier molecular flexibility index (Phi) is 5.88. The van der Waals surface area contributed by atoms with E-state index in [1.165, 1.54) is 5.39 Å². The van der Waals surface area contributed by atoms with E-state index in [0.717, 1.165) is 15.7 Å². The summed E-state index contributed by atoms with van der Waals surface area (Å²) in [7, 11) is 0. The molecule has 1 aromatic heterocycles. The average molecular weight is 451 g/mol. The summed E-state index contributed by atoms with van der Waals surface area (Å²) in [6, 6.07) is 8.23. The van der Waals surface area contributed by atoms with E-state index in [1.54, 1.807) is 0 Å². The summed E-state index contributed by atoms with van der Waals surface area (Å²) in [5.41, 5.74) is 7.93. The number of aliphatic imine (C=N–C) groups is 1. The molecular weight excluding hydrogens is 431 g/mol. The van der Waals surface area contributed by atoms with Gasteiger partial charge in [0.25, 0.3) is 0 Å². The molecule has 20 heavy (non-hydrogen) atoms. The van der Waals surface area contributed by atoms with Gasteiger partial charge in [0.15, 0.2) is 5.96 Å². The summed E-state index contributed by atoms with van der Waals surface area (Å²) in [6.07, 6.45) is 0. The summed E-state index contributed by atoms with van der Waals surface area (Å²) < 4.78 is 1.07. The van der Waals surface area contributed by atoms with Gasteiger partial charge in [0.05, 0.1) is 6.54 Å². The number of H-pyrrole nitrogens is 1. The van der Waals surface area contributed by atoms with Gasteiger partial charge in [-0.15, -0.1) is 24.0 Å². The summed E-state index contributed by atoms with van der Waals surface area (Å²) in [4.78, 5) is 7.67. The fourth-order valence-corrected chi connectivity index (χ4v) is 2.22. The minimum absolute atomic E-state index is 0. The number of halogens is 2. The number of rotatable bonds is 2. The molecule has 0 aliphatic rings. The van der Waals surface area contributed by atoms with Gasteiger partial charge in [-0.1, -0.05) is 15.9 Å². The zero-order chi connectivity index (χ0) is 14.0. The number of nitrogens with zero attached hydrogens (tertiary/aromatic N) is 1. The molecule has 2 rings (SSSR count). The zero-order valence-corrected chi connectivity index (χ0v) is 15.7. The van der Waals surface area contributed by atoms with Crippen molar-refractivity contribution < 1.29 is 0 Å². The highest BCUT2D eigenvalue weighted by molar-refractivity contribution is 14.0. The van der Waals surface area contributed by atoms with Crippen LogP contribution in [0.25, 0.3) is 10.9 Å². The molecule has 1 aromatic carbocycles. The monoisotopic (exact) mass is 450 g/mol. The van der Waals surface area contributed by atoms with Crippen molar-refractivity contribution in [1.82, 2.24) is 10.3 Å². The van der Waals surface area contributed by atoms with E-state index in [2.05, 4.69) is 64.1 Å². The number of hydrogen-bond donors (Lipinski definition) is 3. The van der Waals surface area contributed by atoms with E-state index in [9.17, 15) is 0 Å². The van der Waals surface area contributed by atoms with Gasteiger partial charge >= 0.3 is 0 Å². The van der Waals surface area contributed by atoms with Crippen molar-refractivity contribution in [3.63, 3.8) is 0 Å². The quantitative estimate of drug-likeness (QED) is 0.370. The van der Waals surface area contributed by atoms with E-state index in [0.29, 0.717) is 12.5 Å². The van der Waals surface area contributed by atoms with Gasteiger partial charge in [-0.25, -0.2) is 4.99 Å². The highest BCUT2D eigenvalue weighted by Crippen LogP contribution is 2.20. The number of aromatic nitrogens is 1. The second kappa shape index (κ2) is 6.80. The maximum absolute atomic E-state index is 5.84. The predicted octanol–water partition coefficient (Wildman–Crippen LogP) is 3.75. The van der Waals surface area contributed by atoms with Crippen LogP contribution < -0.4 is 11.1 Å². The smallest absolute Gasteiger partial charge is 0.189 e. The highest BCUT2D eigenvalue weighted by Gasteiger charge is 2.09. The standard InChI is InChI=1S/C14H19BrN4.HI/c1-14(2,3)19-13(16)17-8-11-7-9-6-10(15)4-5-12(9)18-11;/h4-7,18H,8H2,1-3H3,(H3,16,17,19);1H. The normalized spacial score (nSPS) is 12.3. The fourth-order valence-electron chi connectivity index (χ4n) is 1.84. The molecule has 0 fully saturated rings. The van der Waals surface area contributed by atoms with E-state index < -0.39 is 0 Å². The Labute approximate surface area is 144 Å². The van der Waals surface area contributed by atoms with Crippen LogP contribution in [0, 0.1) is 0 Å². The lowest BCUT2D eigenvalue weighted by Crippen LogP contribution is -2.44. The van der Waals surface area contributed by atoms with Crippen LogP contribution in [-0.4, -0.2) is 16.5 Å². The maximum Gasteiger partial charge on any atom is 0.189 e. The molecule has 0 amide bonds. The Balaban J connectivity index is 0.00000200. The van der Waals surface area contributed by atoms with Crippen LogP contribution in [0.3, 0.4) is 0 Å². The molecule has 4 nitrogen and oxygen atoms in total. The summed E-state index contributed by atoms with van der Waals surface area (Å²) >= 11 is 3.47. The minimum Gasteiger partial charge on any atom is -0.370 e. The second-order valence-electron chi connectivity index (χ2n) is 5.60. The molecule has 0 saturated carbocycles. The van der Waals surface area contributed by atoms with Crippen LogP contribution in [-0.2, 0) is 6.54 Å². The molecular formula is C14H20BrIN4. The van der Waals surface area contributed by atoms with Crippen molar-refractivity contribution in [2.75, 3.05) is 0 Å². The SMILES string of the molecule is CC(C)(C)NC(N)=NCc1cc2cc(Br)ccc2[nH]1.I. The van der Waals surface area contributed by atoms with E-state index in [-0.39, 0.29) is 29.5 Å². The van der Waals surface area contributed by atoms with Crippen molar-refractivity contribution >= 4 is 56.8 Å². The van der Waals surface area contributed by atoms with Crippen molar-refractivity contribution in [3.8, 4) is 0 Å².